The fraction of sp³-hybridized carbons (Fsp3) is 0.233. The van der Waals surface area contributed by atoms with E-state index in [1.807, 2.05) is 43.1 Å². The fourth-order valence-corrected chi connectivity index (χ4v) is 6.34. The van der Waals surface area contributed by atoms with Crippen molar-refractivity contribution < 1.29 is 4.79 Å². The number of piperidine rings is 1. The van der Waals surface area contributed by atoms with Gasteiger partial charge in [-0.25, -0.2) is 0 Å². The van der Waals surface area contributed by atoms with Crippen LogP contribution in [0.2, 0.25) is 0 Å². The zero-order chi connectivity index (χ0) is 26.3. The highest BCUT2D eigenvalue weighted by atomic mass is 32.1. The van der Waals surface area contributed by atoms with Crippen molar-refractivity contribution in [1.82, 2.24) is 35.0 Å². The topological polar surface area (TPSA) is 103 Å². The second kappa shape index (κ2) is 9.83. The van der Waals surface area contributed by atoms with E-state index in [2.05, 4.69) is 48.2 Å². The zero-order valence-electron chi connectivity index (χ0n) is 21.6. The summed E-state index contributed by atoms with van der Waals surface area (Å²) in [5, 5.41) is 9.79. The third-order valence-electron chi connectivity index (χ3n) is 7.41. The molecule has 0 atom stereocenters. The second-order valence-corrected chi connectivity index (χ2v) is 11.2. The van der Waals surface area contributed by atoms with Crippen molar-refractivity contribution in [3.8, 4) is 33.1 Å². The molecule has 1 aliphatic rings. The zero-order valence-corrected chi connectivity index (χ0v) is 22.4. The summed E-state index contributed by atoms with van der Waals surface area (Å²) in [5.74, 6) is 0.0702. The van der Waals surface area contributed by atoms with E-state index in [1.54, 1.807) is 6.92 Å². The summed E-state index contributed by atoms with van der Waals surface area (Å²) < 4.78 is 0. The van der Waals surface area contributed by atoms with Crippen LogP contribution in [0, 0.1) is 0 Å². The summed E-state index contributed by atoms with van der Waals surface area (Å²) in [6, 6.07) is 10.3. The van der Waals surface area contributed by atoms with Crippen molar-refractivity contribution in [1.29, 1.82) is 0 Å². The van der Waals surface area contributed by atoms with Gasteiger partial charge in [0.25, 0.3) is 0 Å². The maximum atomic E-state index is 11.8. The highest BCUT2D eigenvalue weighted by Crippen LogP contribution is 2.37. The molecule has 0 unspecified atom stereocenters. The first-order valence-corrected chi connectivity index (χ1v) is 14.0. The minimum atomic E-state index is 0.0702. The minimum Gasteiger partial charge on any atom is -0.352 e. The van der Waals surface area contributed by atoms with Gasteiger partial charge in [0.15, 0.2) is 5.78 Å². The number of nitrogens with one attached hydrogen (secondary N) is 2. The number of hydrogen-bond donors (Lipinski definition) is 2. The number of ketones is 1. The van der Waals surface area contributed by atoms with E-state index >= 15 is 0 Å². The largest absolute Gasteiger partial charge is 0.352 e. The van der Waals surface area contributed by atoms with Crippen LogP contribution < -0.4 is 0 Å². The van der Waals surface area contributed by atoms with E-state index in [1.165, 1.54) is 36.2 Å². The molecule has 1 saturated heterocycles. The van der Waals surface area contributed by atoms with Gasteiger partial charge in [0.2, 0.25) is 0 Å². The molecule has 9 heteroatoms. The van der Waals surface area contributed by atoms with Crippen molar-refractivity contribution in [3.63, 3.8) is 0 Å². The Labute approximate surface area is 229 Å². The van der Waals surface area contributed by atoms with E-state index in [0.717, 1.165) is 79.4 Å². The highest BCUT2D eigenvalue weighted by molar-refractivity contribution is 7.17. The molecule has 0 spiro atoms. The Hall–Kier alpha value is -4.21. The SMILES string of the molecule is CC(=O)c1ccc(-c2cncc3[nH]c(-c4n[nH]c5cnc(-c6cncc(CN7CCCCC7)c6)cc45)cc23)s1. The quantitative estimate of drug-likeness (QED) is 0.238. The normalized spacial score (nSPS) is 14.4. The molecule has 7 heterocycles. The third-order valence-corrected chi connectivity index (χ3v) is 8.63. The third kappa shape index (κ3) is 4.53. The number of pyridine rings is 3. The molecule has 0 radical (unpaired) electrons. The number of H-pyrrole nitrogens is 2. The Morgan fingerprint density at radius 3 is 2.67 bits per heavy atom. The van der Waals surface area contributed by atoms with Crippen LogP contribution in [0.5, 0.6) is 0 Å². The number of rotatable bonds is 6. The molecule has 2 N–H and O–H groups in total. The lowest BCUT2D eigenvalue weighted by Gasteiger charge is -2.26. The molecule has 8 nitrogen and oxygen atoms in total. The van der Waals surface area contributed by atoms with Gasteiger partial charge in [0.1, 0.15) is 5.69 Å². The monoisotopic (exact) mass is 533 g/mol. The van der Waals surface area contributed by atoms with Crippen molar-refractivity contribution in [2.45, 2.75) is 32.7 Å². The van der Waals surface area contributed by atoms with Crippen LogP contribution in [0.15, 0.2) is 61.3 Å². The van der Waals surface area contributed by atoms with Crippen molar-refractivity contribution in [2.24, 2.45) is 0 Å². The summed E-state index contributed by atoms with van der Waals surface area (Å²) in [5.41, 5.74) is 7.57. The van der Waals surface area contributed by atoms with E-state index in [0.29, 0.717) is 0 Å². The summed E-state index contributed by atoms with van der Waals surface area (Å²) in [6.07, 6.45) is 13.2. The lowest BCUT2D eigenvalue weighted by Crippen LogP contribution is -2.29. The molecule has 1 fully saturated rings. The summed E-state index contributed by atoms with van der Waals surface area (Å²) in [6.45, 7) is 4.82. The molecule has 0 aliphatic carbocycles. The molecule has 194 valence electrons. The number of likely N-dealkylation sites (tertiary alicyclic amines) is 1. The van der Waals surface area contributed by atoms with Gasteiger partial charge in [-0.2, -0.15) is 5.10 Å². The number of thiophene rings is 1. The van der Waals surface area contributed by atoms with Gasteiger partial charge in [-0.05, 0) is 68.8 Å². The smallest absolute Gasteiger partial charge is 0.169 e. The van der Waals surface area contributed by atoms with Gasteiger partial charge in [0.05, 0.1) is 39.7 Å². The highest BCUT2D eigenvalue weighted by Gasteiger charge is 2.17. The first-order valence-electron chi connectivity index (χ1n) is 13.2. The van der Waals surface area contributed by atoms with E-state index in [9.17, 15) is 4.79 Å². The number of fused-ring (bicyclic) bond motifs is 2. The Balaban J connectivity index is 1.25. The lowest BCUT2D eigenvalue weighted by atomic mass is 10.1. The van der Waals surface area contributed by atoms with Gasteiger partial charge in [-0.1, -0.05) is 6.42 Å². The summed E-state index contributed by atoms with van der Waals surface area (Å²) >= 11 is 1.49. The molecule has 6 aromatic rings. The number of hydrogen-bond acceptors (Lipinski definition) is 7. The summed E-state index contributed by atoms with van der Waals surface area (Å²) in [7, 11) is 0. The molecule has 6 aromatic heterocycles. The standard InChI is InChI=1S/C30H27N7OS/c1-18(38)28-5-6-29(39-28)23-14-32-15-26-21(23)10-25(34-26)30-22-11-24(33-16-27(22)35-36-30)20-9-19(12-31-13-20)17-37-7-3-2-4-8-37/h5-6,9-16,34H,2-4,7-8,17H2,1H3,(H,35,36). The van der Waals surface area contributed by atoms with Crippen LogP contribution in [0.1, 0.15) is 41.4 Å². The van der Waals surface area contributed by atoms with Crippen LogP contribution in [0.3, 0.4) is 0 Å². The molecule has 7 rings (SSSR count). The molecule has 0 aromatic carbocycles. The molecular formula is C30H27N7OS. The van der Waals surface area contributed by atoms with Gasteiger partial charge >= 0.3 is 0 Å². The minimum absolute atomic E-state index is 0.0702. The Morgan fingerprint density at radius 1 is 0.949 bits per heavy atom. The first kappa shape index (κ1) is 23.9. The molecular weight excluding hydrogens is 506 g/mol. The molecule has 0 amide bonds. The van der Waals surface area contributed by atoms with Crippen LogP contribution in [0.4, 0.5) is 0 Å². The average molecular weight is 534 g/mol. The van der Waals surface area contributed by atoms with Crippen LogP contribution in [-0.2, 0) is 6.54 Å². The average Bonchev–Trinajstić information content (AvgIpc) is 3.71. The number of aromatic amines is 2. The molecule has 39 heavy (non-hydrogen) atoms. The van der Waals surface area contributed by atoms with Crippen molar-refractivity contribution in [2.75, 3.05) is 13.1 Å². The second-order valence-electron chi connectivity index (χ2n) is 10.2. The molecule has 0 saturated carbocycles. The number of nitrogens with zero attached hydrogens (tertiary/aromatic N) is 5. The Morgan fingerprint density at radius 2 is 1.82 bits per heavy atom. The summed E-state index contributed by atoms with van der Waals surface area (Å²) in [4.78, 5) is 33.3. The maximum absolute atomic E-state index is 11.8. The Kier molecular flexibility index (Phi) is 6.02. The van der Waals surface area contributed by atoms with Crippen LogP contribution >= 0.6 is 11.3 Å². The van der Waals surface area contributed by atoms with Gasteiger partial charge in [-0.3, -0.25) is 29.7 Å². The predicted octanol–water partition coefficient (Wildman–Crippen LogP) is 6.48. The number of aromatic nitrogens is 6. The van der Waals surface area contributed by atoms with E-state index in [4.69, 9.17) is 4.98 Å². The van der Waals surface area contributed by atoms with Crippen molar-refractivity contribution >= 4 is 38.9 Å². The van der Waals surface area contributed by atoms with Crippen molar-refractivity contribution in [3.05, 3.63) is 71.8 Å². The first-order chi connectivity index (χ1) is 19.1. The fourth-order valence-electron chi connectivity index (χ4n) is 5.42. The number of Topliss-reactive ketones (excluding diaryl/α,β-unsaturated/α-hetero) is 1. The predicted molar refractivity (Wildman–Crippen MR) is 155 cm³/mol. The van der Waals surface area contributed by atoms with Crippen LogP contribution in [0.25, 0.3) is 54.9 Å². The Bertz CT molecular complexity index is 1830. The van der Waals surface area contributed by atoms with Crippen LogP contribution in [-0.4, -0.2) is 53.9 Å². The number of carbonyl (C=O) groups is 1. The molecule has 1 aliphatic heterocycles. The van der Waals surface area contributed by atoms with Gasteiger partial charge in [-0.15, -0.1) is 11.3 Å². The lowest BCUT2D eigenvalue weighted by molar-refractivity contribution is 0.102. The van der Waals surface area contributed by atoms with E-state index < -0.39 is 0 Å². The molecule has 0 bridgehead atoms. The van der Waals surface area contributed by atoms with Gasteiger partial charge in [0, 0.05) is 51.9 Å². The number of carbonyl (C=O) groups excluding carboxylic acids is 1. The van der Waals surface area contributed by atoms with Gasteiger partial charge < -0.3 is 4.98 Å². The van der Waals surface area contributed by atoms with E-state index in [-0.39, 0.29) is 5.78 Å². The maximum Gasteiger partial charge on any atom is 0.169 e.